The van der Waals surface area contributed by atoms with Crippen LogP contribution in [0.3, 0.4) is 0 Å². The van der Waals surface area contributed by atoms with Gasteiger partial charge in [-0.3, -0.25) is 4.79 Å². The van der Waals surface area contributed by atoms with E-state index in [9.17, 15) is 18.0 Å². The first-order valence-electron chi connectivity index (χ1n) is 7.25. The van der Waals surface area contributed by atoms with Gasteiger partial charge in [0.25, 0.3) is 0 Å². The number of aromatic nitrogens is 2. The number of thioether (sulfide) groups is 1. The highest BCUT2D eigenvalue weighted by atomic mass is 32.2. The van der Waals surface area contributed by atoms with Gasteiger partial charge in [-0.15, -0.1) is 0 Å². The molecule has 25 heavy (non-hydrogen) atoms. The number of benzene rings is 2. The number of rotatable bonds is 4. The molecule has 0 spiro atoms. The summed E-state index contributed by atoms with van der Waals surface area (Å²) < 4.78 is 39.7. The minimum atomic E-state index is -1.62. The van der Waals surface area contributed by atoms with Crippen molar-refractivity contribution in [1.29, 1.82) is 0 Å². The lowest BCUT2D eigenvalue weighted by atomic mass is 10.2. The van der Waals surface area contributed by atoms with Crippen molar-refractivity contribution in [2.24, 2.45) is 0 Å². The van der Waals surface area contributed by atoms with Gasteiger partial charge in [-0.2, -0.15) is 0 Å². The van der Waals surface area contributed by atoms with Gasteiger partial charge < -0.3 is 5.32 Å². The first kappa shape index (κ1) is 17.2. The molecule has 0 fully saturated rings. The maximum Gasteiger partial charge on any atom is 0.234 e. The van der Waals surface area contributed by atoms with E-state index in [4.69, 9.17) is 0 Å². The topological polar surface area (TPSA) is 54.9 Å². The highest BCUT2D eigenvalue weighted by Crippen LogP contribution is 2.26. The number of hydrogen-bond donors (Lipinski definition) is 1. The average molecular weight is 363 g/mol. The van der Waals surface area contributed by atoms with Crippen LogP contribution in [0.2, 0.25) is 0 Å². The summed E-state index contributed by atoms with van der Waals surface area (Å²) in [6.07, 6.45) is 0. The first-order chi connectivity index (χ1) is 12.0. The van der Waals surface area contributed by atoms with Crippen molar-refractivity contribution >= 4 is 34.3 Å². The molecule has 0 unspecified atom stereocenters. The average Bonchev–Trinajstić information content (AvgIpc) is 2.60. The van der Waals surface area contributed by atoms with Crippen molar-refractivity contribution < 1.29 is 18.0 Å². The fourth-order valence-corrected chi connectivity index (χ4v) is 3.08. The third kappa shape index (κ3) is 3.74. The molecular formula is C17H12F3N3OS. The Hall–Kier alpha value is -2.61. The number of carbonyl (C=O) groups excluding carboxylic acids is 1. The molecule has 1 heterocycles. The molecule has 4 nitrogen and oxygen atoms in total. The molecule has 0 aliphatic carbocycles. The minimum Gasteiger partial charge on any atom is -0.323 e. The Morgan fingerprint density at radius 3 is 2.64 bits per heavy atom. The second kappa shape index (κ2) is 7.10. The summed E-state index contributed by atoms with van der Waals surface area (Å²) in [6, 6.07) is 9.08. The van der Waals surface area contributed by atoms with Crippen molar-refractivity contribution in [1.82, 2.24) is 9.97 Å². The predicted molar refractivity (Wildman–Crippen MR) is 89.9 cm³/mol. The van der Waals surface area contributed by atoms with E-state index in [1.807, 2.05) is 24.3 Å². The Morgan fingerprint density at radius 2 is 1.84 bits per heavy atom. The first-order valence-corrected chi connectivity index (χ1v) is 8.24. The predicted octanol–water partition coefficient (Wildman–Crippen LogP) is 4.09. The van der Waals surface area contributed by atoms with Gasteiger partial charge >= 0.3 is 0 Å². The van der Waals surface area contributed by atoms with Gasteiger partial charge in [0.05, 0.1) is 17.0 Å². The number of amides is 1. The zero-order valence-electron chi connectivity index (χ0n) is 13.0. The van der Waals surface area contributed by atoms with Gasteiger partial charge in [0.2, 0.25) is 5.91 Å². The van der Waals surface area contributed by atoms with Gasteiger partial charge in [-0.25, -0.2) is 23.1 Å². The highest BCUT2D eigenvalue weighted by molar-refractivity contribution is 8.00. The number of halogens is 3. The third-order valence-corrected chi connectivity index (χ3v) is 4.32. The molecule has 1 aromatic heterocycles. The van der Waals surface area contributed by atoms with E-state index in [0.29, 0.717) is 10.9 Å². The summed E-state index contributed by atoms with van der Waals surface area (Å²) in [5.41, 5.74) is 0.345. The summed E-state index contributed by atoms with van der Waals surface area (Å²) >= 11 is 1.15. The smallest absolute Gasteiger partial charge is 0.234 e. The van der Waals surface area contributed by atoms with Crippen molar-refractivity contribution in [3.05, 3.63) is 59.7 Å². The molecule has 8 heteroatoms. The Bertz CT molecular complexity index is 965. The van der Waals surface area contributed by atoms with Crippen LogP contribution >= 0.6 is 11.8 Å². The molecule has 0 bridgehead atoms. The van der Waals surface area contributed by atoms with Crippen LogP contribution < -0.4 is 5.32 Å². The number of hydrogen-bond acceptors (Lipinski definition) is 4. The highest BCUT2D eigenvalue weighted by Gasteiger charge is 2.16. The monoisotopic (exact) mass is 363 g/mol. The van der Waals surface area contributed by atoms with Gasteiger partial charge in [-0.05, 0) is 25.1 Å². The summed E-state index contributed by atoms with van der Waals surface area (Å²) in [6.45, 7) is 1.74. The van der Waals surface area contributed by atoms with Crippen LogP contribution in [0.4, 0.5) is 18.9 Å². The fourth-order valence-electron chi connectivity index (χ4n) is 2.21. The van der Waals surface area contributed by atoms with E-state index < -0.39 is 29.0 Å². The number of anilines is 1. The van der Waals surface area contributed by atoms with E-state index in [1.165, 1.54) is 0 Å². The zero-order valence-corrected chi connectivity index (χ0v) is 13.8. The molecule has 0 aliphatic heterocycles. The number of carbonyl (C=O) groups is 1. The lowest BCUT2D eigenvalue weighted by molar-refractivity contribution is -0.113. The molecule has 0 radical (unpaired) electrons. The zero-order chi connectivity index (χ0) is 18.0. The van der Waals surface area contributed by atoms with Crippen molar-refractivity contribution in [3.63, 3.8) is 0 Å². The minimum absolute atomic E-state index is 0.0706. The molecule has 3 aromatic rings. The van der Waals surface area contributed by atoms with Crippen LogP contribution in [0.15, 0.2) is 41.4 Å². The summed E-state index contributed by atoms with van der Waals surface area (Å²) in [5, 5.41) is 3.64. The van der Waals surface area contributed by atoms with Crippen LogP contribution in [0.1, 0.15) is 5.82 Å². The molecule has 0 aliphatic rings. The van der Waals surface area contributed by atoms with Crippen LogP contribution in [0, 0.1) is 24.4 Å². The quantitative estimate of drug-likeness (QED) is 0.431. The normalized spacial score (nSPS) is 10.9. The molecule has 2 aromatic carbocycles. The Kier molecular flexibility index (Phi) is 4.89. The number of aryl methyl sites for hydroxylation is 1. The standard InChI is InChI=1S/C17H12F3N3OS/c1-9-21-12-5-3-2-4-10(12)17(22-9)25-8-14(24)23-13-7-6-11(18)15(19)16(13)20/h2-7H,8H2,1H3,(H,23,24). The maximum atomic E-state index is 13.6. The summed E-state index contributed by atoms with van der Waals surface area (Å²) in [4.78, 5) is 20.6. The van der Waals surface area contributed by atoms with Gasteiger partial charge in [-0.1, -0.05) is 30.0 Å². The van der Waals surface area contributed by atoms with E-state index >= 15 is 0 Å². The largest absolute Gasteiger partial charge is 0.323 e. The van der Waals surface area contributed by atoms with Crippen LogP contribution in [-0.2, 0) is 4.79 Å². The van der Waals surface area contributed by atoms with Gasteiger partial charge in [0.1, 0.15) is 10.9 Å². The van der Waals surface area contributed by atoms with Crippen molar-refractivity contribution in [2.45, 2.75) is 11.9 Å². The lowest BCUT2D eigenvalue weighted by Crippen LogP contribution is -2.16. The van der Waals surface area contributed by atoms with Crippen molar-refractivity contribution in [2.75, 3.05) is 11.1 Å². The molecule has 0 saturated heterocycles. The second-order valence-electron chi connectivity index (χ2n) is 5.15. The van der Waals surface area contributed by atoms with Gasteiger partial charge in [0, 0.05) is 5.39 Å². The molecular weight excluding hydrogens is 351 g/mol. The number of nitrogens with one attached hydrogen (secondary N) is 1. The number of para-hydroxylation sites is 1. The lowest BCUT2D eigenvalue weighted by Gasteiger charge is -2.08. The van der Waals surface area contributed by atoms with Crippen molar-refractivity contribution in [3.8, 4) is 0 Å². The molecule has 0 atom stereocenters. The van der Waals surface area contributed by atoms with E-state index in [-0.39, 0.29) is 5.75 Å². The third-order valence-electron chi connectivity index (χ3n) is 3.33. The maximum absolute atomic E-state index is 13.6. The molecule has 1 amide bonds. The molecule has 1 N–H and O–H groups in total. The summed E-state index contributed by atoms with van der Waals surface area (Å²) in [5.74, 6) is -4.43. The molecule has 3 rings (SSSR count). The van der Waals surface area contributed by atoms with E-state index in [1.54, 1.807) is 6.92 Å². The Morgan fingerprint density at radius 1 is 1.08 bits per heavy atom. The second-order valence-corrected chi connectivity index (χ2v) is 6.12. The number of fused-ring (bicyclic) bond motifs is 1. The summed E-state index contributed by atoms with van der Waals surface area (Å²) in [7, 11) is 0. The van der Waals surface area contributed by atoms with Crippen LogP contribution in [-0.4, -0.2) is 21.6 Å². The molecule has 128 valence electrons. The number of nitrogens with zero attached hydrogens (tertiary/aromatic N) is 2. The Labute approximate surface area is 145 Å². The van der Waals surface area contributed by atoms with Crippen LogP contribution in [0.5, 0.6) is 0 Å². The van der Waals surface area contributed by atoms with E-state index in [0.717, 1.165) is 34.8 Å². The fraction of sp³-hybridized carbons (Fsp3) is 0.118. The van der Waals surface area contributed by atoms with E-state index in [2.05, 4.69) is 15.3 Å². The molecule has 0 saturated carbocycles. The SMILES string of the molecule is Cc1nc(SCC(=O)Nc2ccc(F)c(F)c2F)c2ccccc2n1. The van der Waals surface area contributed by atoms with Crippen LogP contribution in [0.25, 0.3) is 10.9 Å². The Balaban J connectivity index is 1.74. The van der Waals surface area contributed by atoms with Gasteiger partial charge in [0.15, 0.2) is 17.5 Å².